The fraction of sp³-hybridized carbons (Fsp3) is 0.333. The summed E-state index contributed by atoms with van der Waals surface area (Å²) in [4.78, 5) is 29.6. The van der Waals surface area contributed by atoms with E-state index in [1.165, 1.54) is 0 Å². The second-order valence-electron chi connectivity index (χ2n) is 11.2. The van der Waals surface area contributed by atoms with E-state index in [9.17, 15) is 9.59 Å². The number of ether oxygens (including phenoxy) is 3. The van der Waals surface area contributed by atoms with Gasteiger partial charge in [0.25, 0.3) is 0 Å². The summed E-state index contributed by atoms with van der Waals surface area (Å²) in [5, 5.41) is 6.64. The van der Waals surface area contributed by atoms with Crippen LogP contribution < -0.4 is 29.7 Å². The first kappa shape index (κ1) is 28.1. The van der Waals surface area contributed by atoms with Crippen molar-refractivity contribution in [2.45, 2.75) is 39.3 Å². The Hall–Kier alpha value is -4.46. The van der Waals surface area contributed by atoms with Crippen molar-refractivity contribution in [3.05, 3.63) is 89.1 Å². The quantitative estimate of drug-likeness (QED) is 0.372. The first-order valence-electron chi connectivity index (χ1n) is 13.7. The van der Waals surface area contributed by atoms with Crippen LogP contribution in [0.1, 0.15) is 43.9 Å². The number of anilines is 2. The highest BCUT2D eigenvalue weighted by Crippen LogP contribution is 2.50. The number of carbonyl (C=O) groups is 2. The predicted octanol–water partition coefficient (Wildman–Crippen LogP) is 5.65. The van der Waals surface area contributed by atoms with E-state index in [-0.39, 0.29) is 23.7 Å². The summed E-state index contributed by atoms with van der Waals surface area (Å²) in [5.41, 5.74) is 4.65. The maximum Gasteiger partial charge on any atom is 0.239 e. The zero-order chi connectivity index (χ0) is 29.1. The van der Waals surface area contributed by atoms with E-state index in [0.717, 1.165) is 33.9 Å². The molecule has 8 heteroatoms. The molecule has 1 aliphatic heterocycles. The molecule has 1 unspecified atom stereocenters. The van der Waals surface area contributed by atoms with Gasteiger partial charge in [-0.1, -0.05) is 38.1 Å². The SMILES string of the molecule is COc1cccc(CNC(=O)CN2c3ccccc3NC3=C(C(=O)CC(C)(C)C3)C2c2cc(OC)ccc2OC)c1. The number of allylic oxidation sites excluding steroid dienone is 1. The normalized spacial score (nSPS) is 17.5. The van der Waals surface area contributed by atoms with Gasteiger partial charge in [-0.15, -0.1) is 0 Å². The molecule has 2 N–H and O–H groups in total. The van der Waals surface area contributed by atoms with Gasteiger partial charge in [-0.3, -0.25) is 9.59 Å². The molecule has 1 aliphatic carbocycles. The zero-order valence-electron chi connectivity index (χ0n) is 24.2. The van der Waals surface area contributed by atoms with Crippen LogP contribution in [0.4, 0.5) is 11.4 Å². The molecule has 3 aromatic rings. The number of nitrogens with one attached hydrogen (secondary N) is 2. The second kappa shape index (κ2) is 11.6. The number of ketones is 1. The van der Waals surface area contributed by atoms with Gasteiger partial charge in [-0.2, -0.15) is 0 Å². The Morgan fingerprint density at radius 2 is 1.71 bits per heavy atom. The molecule has 0 bridgehead atoms. The van der Waals surface area contributed by atoms with Crippen LogP contribution in [0.25, 0.3) is 0 Å². The Kier molecular flexibility index (Phi) is 7.92. The Labute approximate surface area is 241 Å². The number of Topliss-reactive ketones (excluding diaryl/α,β-unsaturated/α-hetero) is 1. The van der Waals surface area contributed by atoms with Gasteiger partial charge < -0.3 is 29.7 Å². The van der Waals surface area contributed by atoms with Crippen LogP contribution >= 0.6 is 0 Å². The van der Waals surface area contributed by atoms with E-state index < -0.39 is 6.04 Å². The summed E-state index contributed by atoms with van der Waals surface area (Å²) in [5.74, 6) is 1.85. The first-order chi connectivity index (χ1) is 19.7. The summed E-state index contributed by atoms with van der Waals surface area (Å²) in [6.07, 6.45) is 1.10. The molecule has 3 aromatic carbocycles. The molecule has 5 rings (SSSR count). The highest BCUT2D eigenvalue weighted by Gasteiger charge is 2.43. The molecule has 0 saturated carbocycles. The largest absolute Gasteiger partial charge is 0.497 e. The van der Waals surface area contributed by atoms with Crippen molar-refractivity contribution >= 4 is 23.1 Å². The summed E-state index contributed by atoms with van der Waals surface area (Å²) in [7, 11) is 4.84. The second-order valence-corrected chi connectivity index (χ2v) is 11.2. The minimum absolute atomic E-state index is 0.0150. The molecule has 0 saturated heterocycles. The summed E-state index contributed by atoms with van der Waals surface area (Å²) >= 11 is 0. The molecule has 1 amide bonds. The maximum atomic E-state index is 14.0. The molecule has 0 spiro atoms. The van der Waals surface area contributed by atoms with Crippen LogP contribution in [0.2, 0.25) is 0 Å². The molecule has 0 fully saturated rings. The third-order valence-electron chi connectivity index (χ3n) is 7.67. The van der Waals surface area contributed by atoms with Gasteiger partial charge in [-0.25, -0.2) is 0 Å². The summed E-state index contributed by atoms with van der Waals surface area (Å²) in [6, 6.07) is 20.4. The van der Waals surface area contributed by atoms with Crippen molar-refractivity contribution in [3.63, 3.8) is 0 Å². The summed E-state index contributed by atoms with van der Waals surface area (Å²) < 4.78 is 16.7. The molecule has 0 radical (unpaired) electrons. The van der Waals surface area contributed by atoms with Crippen LogP contribution in [-0.2, 0) is 16.1 Å². The molecule has 8 nitrogen and oxygen atoms in total. The van der Waals surface area contributed by atoms with E-state index in [2.05, 4.69) is 24.5 Å². The predicted molar refractivity (Wildman–Crippen MR) is 160 cm³/mol. The number of amides is 1. The van der Waals surface area contributed by atoms with Crippen LogP contribution in [0.5, 0.6) is 17.2 Å². The van der Waals surface area contributed by atoms with Crippen LogP contribution in [0.3, 0.4) is 0 Å². The van der Waals surface area contributed by atoms with E-state index >= 15 is 0 Å². The molecule has 41 heavy (non-hydrogen) atoms. The van der Waals surface area contributed by atoms with Gasteiger partial charge in [0.15, 0.2) is 5.78 Å². The number of rotatable bonds is 8. The fourth-order valence-electron chi connectivity index (χ4n) is 5.80. The number of hydrogen-bond acceptors (Lipinski definition) is 7. The lowest BCUT2D eigenvalue weighted by Gasteiger charge is -2.38. The minimum atomic E-state index is -0.586. The minimum Gasteiger partial charge on any atom is -0.497 e. The molecule has 2 aliphatic rings. The fourth-order valence-corrected chi connectivity index (χ4v) is 5.80. The standard InChI is InChI=1S/C33H37N3O5/c1-33(2)17-26-31(28(37)18-33)32(24-16-23(40-4)13-14-29(24)41-5)36(27-12-7-6-11-25(27)35-26)20-30(38)34-19-21-9-8-10-22(15-21)39-3/h6-16,32,35H,17-20H2,1-5H3,(H,34,38). The van der Waals surface area contributed by atoms with E-state index in [1.54, 1.807) is 21.3 Å². The van der Waals surface area contributed by atoms with Crippen LogP contribution in [-0.4, -0.2) is 39.6 Å². The number of hydrogen-bond donors (Lipinski definition) is 2. The van der Waals surface area contributed by atoms with Crippen molar-refractivity contribution in [1.82, 2.24) is 5.32 Å². The third kappa shape index (κ3) is 5.87. The molecule has 1 heterocycles. The number of nitrogens with zero attached hydrogens (tertiary/aromatic N) is 1. The molecule has 1 atom stereocenters. The first-order valence-corrected chi connectivity index (χ1v) is 13.7. The van der Waals surface area contributed by atoms with E-state index in [0.29, 0.717) is 36.5 Å². The Morgan fingerprint density at radius 1 is 0.951 bits per heavy atom. The Bertz CT molecular complexity index is 1500. The lowest BCUT2D eigenvalue weighted by molar-refractivity contribution is -0.121. The van der Waals surface area contributed by atoms with Crippen molar-refractivity contribution in [2.24, 2.45) is 5.41 Å². The zero-order valence-corrected chi connectivity index (χ0v) is 24.2. The van der Waals surface area contributed by atoms with E-state index in [4.69, 9.17) is 14.2 Å². The molecular formula is C33H37N3O5. The van der Waals surface area contributed by atoms with Crippen molar-refractivity contribution in [1.29, 1.82) is 0 Å². The lowest BCUT2D eigenvalue weighted by atomic mass is 9.73. The lowest BCUT2D eigenvalue weighted by Crippen LogP contribution is -2.42. The molecule has 214 valence electrons. The Morgan fingerprint density at radius 3 is 2.46 bits per heavy atom. The topological polar surface area (TPSA) is 89.1 Å². The monoisotopic (exact) mass is 555 g/mol. The van der Waals surface area contributed by atoms with Crippen LogP contribution in [0.15, 0.2) is 78.0 Å². The molecular weight excluding hydrogens is 518 g/mol. The van der Waals surface area contributed by atoms with Gasteiger partial charge >= 0.3 is 0 Å². The number of benzene rings is 3. The number of carbonyl (C=O) groups excluding carboxylic acids is 2. The van der Waals surface area contributed by atoms with Gasteiger partial charge in [0.05, 0.1) is 45.3 Å². The number of fused-ring (bicyclic) bond motifs is 1. The van der Waals surface area contributed by atoms with Gasteiger partial charge in [0, 0.05) is 29.8 Å². The Balaban J connectivity index is 1.61. The van der Waals surface area contributed by atoms with Gasteiger partial charge in [0.1, 0.15) is 17.2 Å². The third-order valence-corrected chi connectivity index (χ3v) is 7.67. The number of para-hydroxylation sites is 2. The van der Waals surface area contributed by atoms with Crippen molar-refractivity contribution in [2.75, 3.05) is 38.1 Å². The highest BCUT2D eigenvalue weighted by atomic mass is 16.5. The van der Waals surface area contributed by atoms with Crippen LogP contribution in [0, 0.1) is 5.41 Å². The number of methoxy groups -OCH3 is 3. The maximum absolute atomic E-state index is 14.0. The van der Waals surface area contributed by atoms with E-state index in [1.807, 2.05) is 71.6 Å². The molecule has 0 aromatic heterocycles. The van der Waals surface area contributed by atoms with Crippen molar-refractivity contribution < 1.29 is 23.8 Å². The van der Waals surface area contributed by atoms with Crippen molar-refractivity contribution in [3.8, 4) is 17.2 Å². The average Bonchev–Trinajstić information content (AvgIpc) is 3.09. The van der Waals surface area contributed by atoms with Gasteiger partial charge in [-0.05, 0) is 59.9 Å². The average molecular weight is 556 g/mol. The summed E-state index contributed by atoms with van der Waals surface area (Å²) in [6.45, 7) is 4.58. The highest BCUT2D eigenvalue weighted by molar-refractivity contribution is 6.02. The smallest absolute Gasteiger partial charge is 0.239 e. The van der Waals surface area contributed by atoms with Gasteiger partial charge in [0.2, 0.25) is 5.91 Å².